The van der Waals surface area contributed by atoms with Gasteiger partial charge in [-0.05, 0) is 93.9 Å². The Bertz CT molecular complexity index is 787. The molecule has 2 aliphatic heterocycles. The van der Waals surface area contributed by atoms with E-state index in [4.69, 9.17) is 0 Å². The summed E-state index contributed by atoms with van der Waals surface area (Å²) in [6, 6.07) is 0.654. The molecule has 0 N–H and O–H groups in total. The van der Waals surface area contributed by atoms with Crippen LogP contribution in [0.3, 0.4) is 0 Å². The summed E-state index contributed by atoms with van der Waals surface area (Å²) >= 11 is 0. The molecule has 3 heteroatoms. The van der Waals surface area contributed by atoms with Crippen LogP contribution in [0, 0.1) is 28.6 Å². The number of nitrogens with zero attached hydrogens (tertiary/aromatic N) is 2. The zero-order chi connectivity index (χ0) is 20.5. The van der Waals surface area contributed by atoms with Crippen molar-refractivity contribution >= 4 is 5.78 Å². The number of hydrogen-bond donors (Lipinski definition) is 0. The van der Waals surface area contributed by atoms with E-state index in [1.165, 1.54) is 71.1 Å². The number of likely N-dealkylation sites (tertiary alicyclic amines) is 2. The Kier molecular flexibility index (Phi) is 4.54. The van der Waals surface area contributed by atoms with Crippen LogP contribution in [0.2, 0.25) is 0 Å². The quantitative estimate of drug-likeness (QED) is 0.629. The lowest BCUT2D eigenvalue weighted by Crippen LogP contribution is -2.58. The number of carbonyl (C=O) groups is 1. The van der Waals surface area contributed by atoms with Crippen LogP contribution in [0.1, 0.15) is 78.1 Å². The summed E-state index contributed by atoms with van der Waals surface area (Å²) in [6.45, 7) is 10.0. The minimum Gasteiger partial charge on any atom is -0.375 e. The van der Waals surface area contributed by atoms with Gasteiger partial charge in [0.15, 0.2) is 0 Å². The van der Waals surface area contributed by atoms with Crippen molar-refractivity contribution in [1.29, 1.82) is 0 Å². The second-order valence-electron chi connectivity index (χ2n) is 11.8. The van der Waals surface area contributed by atoms with E-state index in [2.05, 4.69) is 35.8 Å². The number of Topliss-reactive ketones (excluding diaryl/α,β-unsaturated/α-hetero) is 1. The van der Waals surface area contributed by atoms with Crippen molar-refractivity contribution in [3.63, 3.8) is 0 Å². The first-order chi connectivity index (χ1) is 14.5. The molecule has 4 fully saturated rings. The van der Waals surface area contributed by atoms with Crippen molar-refractivity contribution in [2.45, 2.75) is 84.1 Å². The Morgan fingerprint density at radius 3 is 2.47 bits per heavy atom. The lowest BCUT2D eigenvalue weighted by Gasteiger charge is -2.60. The van der Waals surface area contributed by atoms with Gasteiger partial charge in [-0.1, -0.05) is 19.9 Å². The van der Waals surface area contributed by atoms with Crippen LogP contribution in [0.5, 0.6) is 0 Å². The van der Waals surface area contributed by atoms with Crippen LogP contribution in [0.15, 0.2) is 23.4 Å². The van der Waals surface area contributed by atoms with Gasteiger partial charge in [0.1, 0.15) is 5.78 Å². The van der Waals surface area contributed by atoms with E-state index in [9.17, 15) is 4.79 Å². The monoisotopic (exact) mass is 408 g/mol. The molecule has 164 valence electrons. The molecule has 4 unspecified atom stereocenters. The molecule has 0 aromatic carbocycles. The van der Waals surface area contributed by atoms with Gasteiger partial charge in [-0.3, -0.25) is 9.69 Å². The van der Waals surface area contributed by atoms with Crippen LogP contribution in [0.4, 0.5) is 0 Å². The zero-order valence-electron chi connectivity index (χ0n) is 19.2. The number of rotatable bonds is 2. The SMILES string of the molecule is CC12C(=CCC3C1CC[C@]1(C)C(=O)CCC31)C=C(N1CCCC1)C[C@@H]2N1CCCC1. The molecular formula is C27H40N2O. The van der Waals surface area contributed by atoms with Crippen molar-refractivity contribution in [3.05, 3.63) is 23.4 Å². The van der Waals surface area contributed by atoms with Crippen LogP contribution in [-0.4, -0.2) is 47.8 Å². The summed E-state index contributed by atoms with van der Waals surface area (Å²) in [5.41, 5.74) is 3.53. The lowest BCUT2D eigenvalue weighted by atomic mass is 9.47. The summed E-state index contributed by atoms with van der Waals surface area (Å²) in [4.78, 5) is 18.4. The Labute approximate surface area is 182 Å². The zero-order valence-corrected chi connectivity index (χ0v) is 19.2. The highest BCUT2D eigenvalue weighted by Crippen LogP contribution is 2.64. The Balaban J connectivity index is 1.40. The topological polar surface area (TPSA) is 23.6 Å². The molecule has 0 aromatic heterocycles. The average Bonchev–Trinajstić information content (AvgIpc) is 3.49. The normalized spacial score (nSPS) is 46.3. The van der Waals surface area contributed by atoms with E-state index in [0.29, 0.717) is 17.7 Å². The molecule has 6 rings (SSSR count). The number of fused-ring (bicyclic) bond motifs is 5. The molecule has 0 spiro atoms. The molecule has 2 saturated carbocycles. The minimum absolute atomic E-state index is 0.0166. The van der Waals surface area contributed by atoms with E-state index in [1.54, 1.807) is 11.3 Å². The molecule has 0 amide bonds. The average molecular weight is 409 g/mol. The van der Waals surface area contributed by atoms with Gasteiger partial charge in [0.2, 0.25) is 0 Å². The van der Waals surface area contributed by atoms with E-state index in [-0.39, 0.29) is 10.8 Å². The molecule has 2 heterocycles. The molecule has 0 radical (unpaired) electrons. The van der Waals surface area contributed by atoms with Gasteiger partial charge >= 0.3 is 0 Å². The summed E-state index contributed by atoms with van der Waals surface area (Å²) in [5.74, 6) is 2.67. The van der Waals surface area contributed by atoms with Crippen LogP contribution in [-0.2, 0) is 4.79 Å². The Hall–Kier alpha value is -1.09. The van der Waals surface area contributed by atoms with E-state index in [0.717, 1.165) is 31.1 Å². The third-order valence-corrected chi connectivity index (χ3v) is 10.7. The summed E-state index contributed by atoms with van der Waals surface area (Å²) in [7, 11) is 0. The van der Waals surface area contributed by atoms with Crippen molar-refractivity contribution in [3.8, 4) is 0 Å². The molecule has 3 nitrogen and oxygen atoms in total. The number of hydrogen-bond acceptors (Lipinski definition) is 3. The van der Waals surface area contributed by atoms with Crippen molar-refractivity contribution in [2.75, 3.05) is 26.2 Å². The van der Waals surface area contributed by atoms with Crippen molar-refractivity contribution in [2.24, 2.45) is 28.6 Å². The largest absolute Gasteiger partial charge is 0.375 e. The van der Waals surface area contributed by atoms with Crippen molar-refractivity contribution < 1.29 is 4.79 Å². The minimum atomic E-state index is -0.0166. The molecule has 0 aromatic rings. The predicted octanol–water partition coefficient (Wildman–Crippen LogP) is 5.18. The van der Waals surface area contributed by atoms with Gasteiger partial charge in [-0.25, -0.2) is 0 Å². The standard InChI is InChI=1S/C27H40N2O/c1-26-12-11-23-21(22(26)9-10-25(26)30)8-7-19-17-20(28-13-3-4-14-28)18-24(27(19,23)2)29-15-5-6-16-29/h7,17,21-24H,3-6,8-16,18H2,1-2H3/t21?,22?,23?,24-,26-,27?/m0/s1. The predicted molar refractivity (Wildman–Crippen MR) is 121 cm³/mol. The maximum atomic E-state index is 12.8. The fraction of sp³-hybridized carbons (Fsp3) is 0.815. The molecule has 4 aliphatic carbocycles. The van der Waals surface area contributed by atoms with Crippen LogP contribution < -0.4 is 0 Å². The van der Waals surface area contributed by atoms with E-state index < -0.39 is 0 Å². The van der Waals surface area contributed by atoms with Gasteiger partial charge < -0.3 is 4.90 Å². The van der Waals surface area contributed by atoms with E-state index in [1.807, 2.05) is 0 Å². The van der Waals surface area contributed by atoms with Crippen LogP contribution >= 0.6 is 0 Å². The first kappa shape index (κ1) is 19.6. The van der Waals surface area contributed by atoms with Crippen LogP contribution in [0.25, 0.3) is 0 Å². The summed E-state index contributed by atoms with van der Waals surface area (Å²) in [6.07, 6.45) is 17.6. The third-order valence-electron chi connectivity index (χ3n) is 10.7. The number of allylic oxidation sites excluding steroid dienone is 2. The maximum absolute atomic E-state index is 12.8. The highest BCUT2D eigenvalue weighted by Gasteiger charge is 2.60. The second kappa shape index (κ2) is 6.95. The molecular weight excluding hydrogens is 368 g/mol. The smallest absolute Gasteiger partial charge is 0.139 e. The fourth-order valence-corrected chi connectivity index (χ4v) is 8.92. The third kappa shape index (κ3) is 2.63. The first-order valence-electron chi connectivity index (χ1n) is 13.0. The fourth-order valence-electron chi connectivity index (χ4n) is 8.92. The lowest BCUT2D eigenvalue weighted by molar-refractivity contribution is -0.132. The highest BCUT2D eigenvalue weighted by atomic mass is 16.1. The van der Waals surface area contributed by atoms with Crippen molar-refractivity contribution in [1.82, 2.24) is 9.80 Å². The maximum Gasteiger partial charge on any atom is 0.139 e. The Morgan fingerprint density at radius 1 is 0.967 bits per heavy atom. The van der Waals surface area contributed by atoms with E-state index >= 15 is 0 Å². The number of carbonyl (C=O) groups excluding carboxylic acids is 1. The molecule has 6 aliphatic rings. The highest BCUT2D eigenvalue weighted by molar-refractivity contribution is 5.87. The van der Waals surface area contributed by atoms with Gasteiger partial charge in [0.05, 0.1) is 0 Å². The summed E-state index contributed by atoms with van der Waals surface area (Å²) < 4.78 is 0. The molecule has 30 heavy (non-hydrogen) atoms. The van der Waals surface area contributed by atoms with Gasteiger partial charge in [-0.15, -0.1) is 0 Å². The van der Waals surface area contributed by atoms with Gasteiger partial charge in [-0.2, -0.15) is 0 Å². The molecule has 0 bridgehead atoms. The van der Waals surface area contributed by atoms with Gasteiger partial charge in [0, 0.05) is 48.5 Å². The van der Waals surface area contributed by atoms with Gasteiger partial charge in [0.25, 0.3) is 0 Å². The molecule has 2 saturated heterocycles. The second-order valence-corrected chi connectivity index (χ2v) is 11.8. The number of ketones is 1. The molecule has 6 atom stereocenters. The Morgan fingerprint density at radius 2 is 1.70 bits per heavy atom. The summed E-state index contributed by atoms with van der Waals surface area (Å²) in [5, 5.41) is 0. The first-order valence-corrected chi connectivity index (χ1v) is 13.0.